The third-order valence-electron chi connectivity index (χ3n) is 5.05. The summed E-state index contributed by atoms with van der Waals surface area (Å²) in [5.41, 5.74) is 6.17. The topological polar surface area (TPSA) is 74.2 Å². The SMILES string of the molecule is COc1ccccc1-c1ccccc1/C=N/NCCN1CCCC(C(=O)O)C1. The minimum atomic E-state index is -0.691. The van der Waals surface area contributed by atoms with Gasteiger partial charge in [0.25, 0.3) is 0 Å². The number of para-hydroxylation sites is 1. The zero-order valence-electron chi connectivity index (χ0n) is 16.2. The van der Waals surface area contributed by atoms with Crippen molar-refractivity contribution in [1.29, 1.82) is 0 Å². The van der Waals surface area contributed by atoms with Gasteiger partial charge in [0.2, 0.25) is 0 Å². The molecule has 148 valence electrons. The lowest BCUT2D eigenvalue weighted by Crippen LogP contribution is -2.41. The number of hydrazone groups is 1. The van der Waals surface area contributed by atoms with E-state index in [1.165, 1.54) is 0 Å². The second-order valence-electron chi connectivity index (χ2n) is 6.93. The maximum Gasteiger partial charge on any atom is 0.307 e. The smallest absolute Gasteiger partial charge is 0.307 e. The Labute approximate surface area is 165 Å². The van der Waals surface area contributed by atoms with E-state index in [-0.39, 0.29) is 5.92 Å². The van der Waals surface area contributed by atoms with Gasteiger partial charge < -0.3 is 20.2 Å². The van der Waals surface area contributed by atoms with Crippen molar-refractivity contribution in [2.24, 2.45) is 11.0 Å². The molecule has 28 heavy (non-hydrogen) atoms. The summed E-state index contributed by atoms with van der Waals surface area (Å²) >= 11 is 0. The van der Waals surface area contributed by atoms with Gasteiger partial charge in [-0.15, -0.1) is 0 Å². The molecule has 0 radical (unpaired) electrons. The Bertz CT molecular complexity index is 822. The predicted molar refractivity (Wildman–Crippen MR) is 111 cm³/mol. The highest BCUT2D eigenvalue weighted by Crippen LogP contribution is 2.31. The average Bonchev–Trinajstić information content (AvgIpc) is 2.74. The first-order chi connectivity index (χ1) is 13.7. The van der Waals surface area contributed by atoms with Gasteiger partial charge in [-0.3, -0.25) is 4.79 Å². The molecule has 1 aliphatic heterocycles. The van der Waals surface area contributed by atoms with Gasteiger partial charge in [0.15, 0.2) is 0 Å². The first-order valence-corrected chi connectivity index (χ1v) is 9.62. The van der Waals surface area contributed by atoms with Gasteiger partial charge in [0, 0.05) is 30.8 Å². The fourth-order valence-electron chi connectivity index (χ4n) is 3.57. The van der Waals surface area contributed by atoms with Gasteiger partial charge in [0.05, 0.1) is 19.2 Å². The molecule has 1 saturated heterocycles. The van der Waals surface area contributed by atoms with Gasteiger partial charge in [-0.05, 0) is 31.0 Å². The number of likely N-dealkylation sites (tertiary alicyclic amines) is 1. The number of methoxy groups -OCH3 is 1. The number of rotatable bonds is 8. The Morgan fingerprint density at radius 1 is 1.25 bits per heavy atom. The van der Waals surface area contributed by atoms with E-state index >= 15 is 0 Å². The molecule has 0 bridgehead atoms. The van der Waals surface area contributed by atoms with Crippen LogP contribution in [0.1, 0.15) is 18.4 Å². The molecule has 0 aliphatic carbocycles. The van der Waals surface area contributed by atoms with E-state index < -0.39 is 5.97 Å². The number of carboxylic acid groups (broad SMARTS) is 1. The Morgan fingerprint density at radius 2 is 2.00 bits per heavy atom. The second kappa shape index (κ2) is 9.90. The third kappa shape index (κ3) is 5.10. The Morgan fingerprint density at radius 3 is 2.79 bits per heavy atom. The lowest BCUT2D eigenvalue weighted by atomic mass is 9.98. The van der Waals surface area contributed by atoms with Gasteiger partial charge >= 0.3 is 5.97 Å². The Hall–Kier alpha value is -2.86. The van der Waals surface area contributed by atoms with E-state index in [1.807, 2.05) is 48.7 Å². The van der Waals surface area contributed by atoms with Crippen molar-refractivity contribution >= 4 is 12.2 Å². The molecule has 2 N–H and O–H groups in total. The summed E-state index contributed by atoms with van der Waals surface area (Å²) in [5.74, 6) is -0.108. The van der Waals surface area contributed by atoms with E-state index in [0.29, 0.717) is 13.1 Å². The van der Waals surface area contributed by atoms with Crippen molar-refractivity contribution in [3.63, 3.8) is 0 Å². The number of piperidine rings is 1. The zero-order chi connectivity index (χ0) is 19.8. The highest BCUT2D eigenvalue weighted by atomic mass is 16.5. The normalized spacial score (nSPS) is 17.5. The number of benzene rings is 2. The highest BCUT2D eigenvalue weighted by molar-refractivity contribution is 5.91. The summed E-state index contributed by atoms with van der Waals surface area (Å²) in [6.07, 6.45) is 3.53. The van der Waals surface area contributed by atoms with E-state index in [2.05, 4.69) is 21.5 Å². The summed E-state index contributed by atoms with van der Waals surface area (Å²) in [6, 6.07) is 16.0. The molecule has 2 aromatic rings. The molecule has 0 saturated carbocycles. The van der Waals surface area contributed by atoms with Crippen molar-refractivity contribution in [3.8, 4) is 16.9 Å². The molecule has 1 unspecified atom stereocenters. The molecular formula is C22H27N3O3. The maximum absolute atomic E-state index is 11.2. The number of carboxylic acids is 1. The van der Waals surface area contributed by atoms with Crippen molar-refractivity contribution in [2.75, 3.05) is 33.3 Å². The first kappa shape index (κ1) is 19.9. The molecule has 0 amide bonds. The number of nitrogens with zero attached hydrogens (tertiary/aromatic N) is 2. The first-order valence-electron chi connectivity index (χ1n) is 9.62. The lowest BCUT2D eigenvalue weighted by molar-refractivity contribution is -0.143. The van der Waals surface area contributed by atoms with Crippen LogP contribution >= 0.6 is 0 Å². The van der Waals surface area contributed by atoms with Gasteiger partial charge in [-0.2, -0.15) is 5.10 Å². The number of hydrogen-bond acceptors (Lipinski definition) is 5. The fourth-order valence-corrected chi connectivity index (χ4v) is 3.57. The second-order valence-corrected chi connectivity index (χ2v) is 6.93. The summed E-state index contributed by atoms with van der Waals surface area (Å²) in [4.78, 5) is 13.3. The molecule has 1 fully saturated rings. The van der Waals surface area contributed by atoms with Crippen LogP contribution in [0.25, 0.3) is 11.1 Å². The maximum atomic E-state index is 11.2. The molecule has 1 aliphatic rings. The van der Waals surface area contributed by atoms with Crippen LogP contribution in [0.15, 0.2) is 53.6 Å². The summed E-state index contributed by atoms with van der Waals surface area (Å²) < 4.78 is 5.48. The van der Waals surface area contributed by atoms with Crippen LogP contribution in [-0.4, -0.2) is 55.5 Å². The van der Waals surface area contributed by atoms with E-state index in [1.54, 1.807) is 7.11 Å². The van der Waals surface area contributed by atoms with Crippen molar-refractivity contribution in [3.05, 3.63) is 54.1 Å². The average molecular weight is 381 g/mol. The van der Waals surface area contributed by atoms with Crippen LogP contribution in [0.4, 0.5) is 0 Å². The Balaban J connectivity index is 1.57. The zero-order valence-corrected chi connectivity index (χ0v) is 16.2. The fraction of sp³-hybridized carbons (Fsp3) is 0.364. The molecule has 2 aromatic carbocycles. The Kier molecular flexibility index (Phi) is 7.03. The van der Waals surface area contributed by atoms with E-state index in [9.17, 15) is 9.90 Å². The molecule has 3 rings (SSSR count). The van der Waals surface area contributed by atoms with Crippen LogP contribution in [-0.2, 0) is 4.79 Å². The third-order valence-corrected chi connectivity index (χ3v) is 5.05. The number of carbonyl (C=O) groups is 1. The summed E-state index contributed by atoms with van der Waals surface area (Å²) in [5, 5.41) is 13.5. The summed E-state index contributed by atoms with van der Waals surface area (Å²) in [7, 11) is 1.67. The van der Waals surface area contributed by atoms with Gasteiger partial charge in [0.1, 0.15) is 5.75 Å². The minimum Gasteiger partial charge on any atom is -0.496 e. The van der Waals surface area contributed by atoms with Crippen LogP contribution in [0.5, 0.6) is 5.75 Å². The van der Waals surface area contributed by atoms with Crippen LogP contribution in [0.3, 0.4) is 0 Å². The van der Waals surface area contributed by atoms with E-state index in [0.717, 1.165) is 48.4 Å². The number of aliphatic carboxylic acids is 1. The molecule has 0 spiro atoms. The summed E-state index contributed by atoms with van der Waals surface area (Å²) in [6.45, 7) is 3.04. The molecule has 6 heteroatoms. The quantitative estimate of drug-likeness (QED) is 0.418. The lowest BCUT2D eigenvalue weighted by Gasteiger charge is -2.30. The largest absolute Gasteiger partial charge is 0.496 e. The standard InChI is InChI=1S/C22H27N3O3/c1-28-21-11-5-4-10-20(21)19-9-3-2-7-17(19)15-24-23-12-14-25-13-6-8-18(16-25)22(26)27/h2-5,7,9-11,15,18,23H,6,8,12-14,16H2,1H3,(H,26,27)/b24-15+. The molecule has 1 heterocycles. The molecule has 0 aromatic heterocycles. The highest BCUT2D eigenvalue weighted by Gasteiger charge is 2.24. The molecule has 1 atom stereocenters. The molecule has 6 nitrogen and oxygen atoms in total. The van der Waals surface area contributed by atoms with Crippen LogP contribution in [0, 0.1) is 5.92 Å². The van der Waals surface area contributed by atoms with Crippen molar-refractivity contribution in [2.45, 2.75) is 12.8 Å². The van der Waals surface area contributed by atoms with Gasteiger partial charge in [-0.25, -0.2) is 0 Å². The molecular weight excluding hydrogens is 354 g/mol. The number of ether oxygens (including phenoxy) is 1. The van der Waals surface area contributed by atoms with Crippen molar-refractivity contribution in [1.82, 2.24) is 10.3 Å². The monoisotopic (exact) mass is 381 g/mol. The minimum absolute atomic E-state index is 0.245. The predicted octanol–water partition coefficient (Wildman–Crippen LogP) is 3.08. The van der Waals surface area contributed by atoms with Crippen LogP contribution < -0.4 is 10.2 Å². The van der Waals surface area contributed by atoms with Crippen molar-refractivity contribution < 1.29 is 14.6 Å². The number of hydrogen-bond donors (Lipinski definition) is 2. The van der Waals surface area contributed by atoms with E-state index in [4.69, 9.17) is 4.74 Å². The van der Waals surface area contributed by atoms with Gasteiger partial charge in [-0.1, -0.05) is 42.5 Å². The van der Waals surface area contributed by atoms with Crippen LogP contribution in [0.2, 0.25) is 0 Å². The number of nitrogens with one attached hydrogen (secondary N) is 1.